The molecule has 0 bridgehead atoms. The lowest BCUT2D eigenvalue weighted by atomic mass is 9.95. The number of benzene rings is 1. The summed E-state index contributed by atoms with van der Waals surface area (Å²) in [6, 6.07) is 4.64. The van der Waals surface area contributed by atoms with Crippen molar-refractivity contribution in [1.29, 1.82) is 0 Å². The fraction of sp³-hybridized carbons (Fsp3) is 0.647. The highest BCUT2D eigenvalue weighted by Gasteiger charge is 2.67. The molecular weight excluding hydrogens is 314 g/mol. The van der Waals surface area contributed by atoms with Crippen LogP contribution in [-0.2, 0) is 0 Å². The fourth-order valence-corrected chi connectivity index (χ4v) is 4.03. The van der Waals surface area contributed by atoms with Gasteiger partial charge in [-0.05, 0) is 48.4 Å². The monoisotopic (exact) mass is 339 g/mol. The molecule has 1 fully saturated rings. The van der Waals surface area contributed by atoms with Gasteiger partial charge in [-0.3, -0.25) is 0 Å². The minimum Gasteiger partial charge on any atom is -0.496 e. The van der Waals surface area contributed by atoms with Gasteiger partial charge in [0.15, 0.2) is 0 Å². The molecule has 20 heavy (non-hydrogen) atoms. The van der Waals surface area contributed by atoms with E-state index in [1.165, 1.54) is 11.1 Å². The first-order chi connectivity index (χ1) is 9.18. The van der Waals surface area contributed by atoms with Crippen LogP contribution in [0.5, 0.6) is 5.75 Å². The van der Waals surface area contributed by atoms with Crippen LogP contribution in [0.2, 0.25) is 0 Å². The van der Waals surface area contributed by atoms with Crippen molar-refractivity contribution < 1.29 is 4.74 Å². The van der Waals surface area contributed by atoms with E-state index in [0.717, 1.165) is 10.2 Å². The zero-order chi connectivity index (χ0) is 15.3. The standard InChI is InChI=1S/C17H26BrNO/c1-10-8-13(20-7)11(9-12(10)18)14(19-6)15-16(2,3)17(15,4)5/h8-9,14-15,19H,1-7H3. The van der Waals surface area contributed by atoms with E-state index in [-0.39, 0.29) is 0 Å². The van der Waals surface area contributed by atoms with Crippen LogP contribution in [0.25, 0.3) is 0 Å². The maximum atomic E-state index is 5.62. The Balaban J connectivity index is 2.47. The lowest BCUT2D eigenvalue weighted by Crippen LogP contribution is -2.22. The third-order valence-corrected chi connectivity index (χ3v) is 6.48. The molecule has 112 valence electrons. The van der Waals surface area contributed by atoms with Crippen molar-refractivity contribution in [2.45, 2.75) is 40.7 Å². The zero-order valence-electron chi connectivity index (χ0n) is 13.6. The van der Waals surface area contributed by atoms with Crippen LogP contribution in [0, 0.1) is 23.7 Å². The second-order valence-electron chi connectivity index (χ2n) is 7.03. The van der Waals surface area contributed by atoms with E-state index >= 15 is 0 Å². The molecule has 0 amide bonds. The molecule has 1 atom stereocenters. The Morgan fingerprint density at radius 3 is 2.15 bits per heavy atom. The summed E-state index contributed by atoms with van der Waals surface area (Å²) in [6.45, 7) is 11.5. The number of ether oxygens (including phenoxy) is 1. The number of hydrogen-bond acceptors (Lipinski definition) is 2. The van der Waals surface area contributed by atoms with Gasteiger partial charge in [0.05, 0.1) is 7.11 Å². The predicted octanol–water partition coefficient (Wildman–Crippen LogP) is 4.71. The largest absolute Gasteiger partial charge is 0.496 e. The molecule has 1 aliphatic carbocycles. The topological polar surface area (TPSA) is 21.3 Å². The molecule has 1 N–H and O–H groups in total. The Morgan fingerprint density at radius 1 is 1.20 bits per heavy atom. The van der Waals surface area contributed by atoms with Crippen molar-refractivity contribution in [3.63, 3.8) is 0 Å². The van der Waals surface area contributed by atoms with Gasteiger partial charge < -0.3 is 10.1 Å². The van der Waals surface area contributed by atoms with Gasteiger partial charge in [-0.1, -0.05) is 43.6 Å². The first-order valence-electron chi connectivity index (χ1n) is 7.19. The van der Waals surface area contributed by atoms with Crippen LogP contribution in [-0.4, -0.2) is 14.2 Å². The van der Waals surface area contributed by atoms with Gasteiger partial charge in [0, 0.05) is 16.1 Å². The quantitative estimate of drug-likeness (QED) is 0.857. The van der Waals surface area contributed by atoms with Crippen molar-refractivity contribution in [2.75, 3.05) is 14.2 Å². The lowest BCUT2D eigenvalue weighted by molar-refractivity contribution is 0.380. The summed E-state index contributed by atoms with van der Waals surface area (Å²) in [5.74, 6) is 1.58. The highest BCUT2D eigenvalue weighted by molar-refractivity contribution is 9.10. The Hall–Kier alpha value is -0.540. The van der Waals surface area contributed by atoms with Gasteiger partial charge in [-0.15, -0.1) is 0 Å². The fourth-order valence-electron chi connectivity index (χ4n) is 3.67. The Morgan fingerprint density at radius 2 is 1.75 bits per heavy atom. The number of halogens is 1. The molecule has 1 aromatic rings. The third-order valence-electron chi connectivity index (χ3n) is 5.62. The number of aryl methyl sites for hydroxylation is 1. The van der Waals surface area contributed by atoms with E-state index in [4.69, 9.17) is 4.74 Å². The van der Waals surface area contributed by atoms with Crippen LogP contribution < -0.4 is 10.1 Å². The Labute approximate surface area is 131 Å². The average molecular weight is 340 g/mol. The molecule has 3 heteroatoms. The molecule has 2 rings (SSSR count). The van der Waals surface area contributed by atoms with Crippen LogP contribution >= 0.6 is 15.9 Å². The van der Waals surface area contributed by atoms with Crippen LogP contribution in [0.4, 0.5) is 0 Å². The van der Waals surface area contributed by atoms with Crippen LogP contribution in [0.1, 0.15) is 44.9 Å². The lowest BCUT2D eigenvalue weighted by Gasteiger charge is -2.22. The SMILES string of the molecule is CNC(c1cc(Br)c(C)cc1OC)C1C(C)(C)C1(C)C. The minimum atomic E-state index is 0.312. The average Bonchev–Trinajstić information content (AvgIpc) is 2.77. The maximum absolute atomic E-state index is 5.62. The molecule has 1 saturated carbocycles. The summed E-state index contributed by atoms with van der Waals surface area (Å²) < 4.78 is 6.76. The van der Waals surface area contributed by atoms with Gasteiger partial charge in [-0.25, -0.2) is 0 Å². The molecule has 0 spiro atoms. The van der Waals surface area contributed by atoms with Gasteiger partial charge in [0.25, 0.3) is 0 Å². The summed E-state index contributed by atoms with van der Waals surface area (Å²) in [7, 11) is 3.80. The first-order valence-corrected chi connectivity index (χ1v) is 7.99. The van der Waals surface area contributed by atoms with Gasteiger partial charge in [0.2, 0.25) is 0 Å². The van der Waals surface area contributed by atoms with E-state index in [1.54, 1.807) is 7.11 Å². The number of hydrogen-bond donors (Lipinski definition) is 1. The summed E-state index contributed by atoms with van der Waals surface area (Å²) >= 11 is 3.65. The van der Waals surface area contributed by atoms with Crippen molar-refractivity contribution in [3.8, 4) is 5.75 Å². The Kier molecular flexibility index (Phi) is 3.98. The molecule has 1 aliphatic rings. The van der Waals surface area contributed by atoms with Crippen molar-refractivity contribution in [2.24, 2.45) is 16.7 Å². The van der Waals surface area contributed by atoms with Crippen LogP contribution in [0.15, 0.2) is 16.6 Å². The summed E-state index contributed by atoms with van der Waals surface area (Å²) in [4.78, 5) is 0. The summed E-state index contributed by atoms with van der Waals surface area (Å²) in [6.07, 6.45) is 0. The molecule has 0 saturated heterocycles. The van der Waals surface area contributed by atoms with E-state index in [1.807, 2.05) is 7.05 Å². The number of nitrogens with one attached hydrogen (secondary N) is 1. The van der Waals surface area contributed by atoms with Gasteiger partial charge in [0.1, 0.15) is 5.75 Å². The van der Waals surface area contributed by atoms with Crippen molar-refractivity contribution in [1.82, 2.24) is 5.32 Å². The van der Waals surface area contributed by atoms with Crippen molar-refractivity contribution in [3.05, 3.63) is 27.7 Å². The normalized spacial score (nSPS) is 21.6. The highest BCUT2D eigenvalue weighted by Crippen LogP contribution is 2.72. The third kappa shape index (κ3) is 2.19. The first kappa shape index (κ1) is 15.8. The number of methoxy groups -OCH3 is 1. The van der Waals surface area contributed by atoms with E-state index < -0.39 is 0 Å². The number of rotatable bonds is 4. The van der Waals surface area contributed by atoms with E-state index in [9.17, 15) is 0 Å². The molecule has 0 aromatic heterocycles. The minimum absolute atomic E-state index is 0.312. The van der Waals surface area contributed by atoms with Gasteiger partial charge in [-0.2, -0.15) is 0 Å². The highest BCUT2D eigenvalue weighted by atomic mass is 79.9. The second kappa shape index (κ2) is 5.03. The maximum Gasteiger partial charge on any atom is 0.123 e. The molecular formula is C17H26BrNO. The molecule has 0 radical (unpaired) electrons. The molecule has 2 nitrogen and oxygen atoms in total. The molecule has 1 aromatic carbocycles. The smallest absolute Gasteiger partial charge is 0.123 e. The second-order valence-corrected chi connectivity index (χ2v) is 7.89. The van der Waals surface area contributed by atoms with E-state index in [2.05, 4.69) is 68.0 Å². The molecule has 1 unspecified atom stereocenters. The summed E-state index contributed by atoms with van der Waals surface area (Å²) in [5, 5.41) is 3.51. The Bertz CT molecular complexity index is 508. The zero-order valence-corrected chi connectivity index (χ0v) is 15.2. The van der Waals surface area contributed by atoms with Gasteiger partial charge >= 0.3 is 0 Å². The van der Waals surface area contributed by atoms with Crippen LogP contribution in [0.3, 0.4) is 0 Å². The molecule has 0 heterocycles. The van der Waals surface area contributed by atoms with E-state index in [0.29, 0.717) is 22.8 Å². The predicted molar refractivity (Wildman–Crippen MR) is 88.3 cm³/mol. The molecule has 0 aliphatic heterocycles. The summed E-state index contributed by atoms with van der Waals surface area (Å²) in [5.41, 5.74) is 3.12. The van der Waals surface area contributed by atoms with Crippen molar-refractivity contribution >= 4 is 15.9 Å².